The molecule has 11 unspecified atom stereocenters. The van der Waals surface area contributed by atoms with Gasteiger partial charge in [0, 0.05) is 23.8 Å². The lowest BCUT2D eigenvalue weighted by molar-refractivity contribution is -0.243. The van der Waals surface area contributed by atoms with E-state index in [1.165, 1.54) is 0 Å². The summed E-state index contributed by atoms with van der Waals surface area (Å²) in [5, 5.41) is 22.3. The van der Waals surface area contributed by atoms with Crippen molar-refractivity contribution in [2.45, 2.75) is 94.9 Å². The topological polar surface area (TPSA) is 129 Å². The number of carbonyl (C=O) groups is 3. The molecule has 38 heavy (non-hydrogen) atoms. The highest BCUT2D eigenvalue weighted by Crippen LogP contribution is 2.75. The number of cyclic esters (lactones) is 1. The summed E-state index contributed by atoms with van der Waals surface area (Å²) in [7, 11) is 0. The summed E-state index contributed by atoms with van der Waals surface area (Å²) in [5.74, 6) is -3.63. The van der Waals surface area contributed by atoms with E-state index in [-0.39, 0.29) is 66.3 Å². The largest absolute Gasteiger partial charge is 0.456 e. The normalized spacial score (nSPS) is 54.3. The third-order valence-corrected chi connectivity index (χ3v) is 11.4. The van der Waals surface area contributed by atoms with E-state index in [1.807, 2.05) is 19.9 Å². The molecule has 7 aliphatic rings. The predicted octanol–water partition coefficient (Wildman–Crippen LogP) is 2.33. The summed E-state index contributed by atoms with van der Waals surface area (Å²) < 4.78 is 24.3. The minimum atomic E-state index is -1.92. The molecule has 2 spiro atoms. The van der Waals surface area contributed by atoms with Crippen molar-refractivity contribution < 1.29 is 43.5 Å². The first-order valence-corrected chi connectivity index (χ1v) is 13.9. The van der Waals surface area contributed by atoms with Gasteiger partial charge in [0.05, 0.1) is 30.1 Å². The summed E-state index contributed by atoms with van der Waals surface area (Å²) in [6.07, 6.45) is 5.81. The fourth-order valence-corrected chi connectivity index (χ4v) is 9.71. The minimum absolute atomic E-state index is 0.0212. The molecule has 2 saturated carbocycles. The molecular formula is C29H36O9. The van der Waals surface area contributed by atoms with Gasteiger partial charge in [-0.2, -0.15) is 0 Å². The van der Waals surface area contributed by atoms with Gasteiger partial charge in [0.2, 0.25) is 5.79 Å². The van der Waals surface area contributed by atoms with Crippen molar-refractivity contribution in [3.05, 3.63) is 23.5 Å². The molecule has 0 aromatic heterocycles. The van der Waals surface area contributed by atoms with Crippen molar-refractivity contribution in [2.75, 3.05) is 6.61 Å². The van der Waals surface area contributed by atoms with Crippen molar-refractivity contribution in [1.29, 1.82) is 0 Å². The van der Waals surface area contributed by atoms with Crippen LogP contribution in [0, 0.1) is 35.0 Å². The van der Waals surface area contributed by atoms with E-state index >= 15 is 0 Å². The highest BCUT2D eigenvalue weighted by atomic mass is 16.7. The van der Waals surface area contributed by atoms with Gasteiger partial charge in [-0.05, 0) is 68.9 Å². The van der Waals surface area contributed by atoms with Crippen LogP contribution in [0.4, 0.5) is 0 Å². The van der Waals surface area contributed by atoms with Gasteiger partial charge in [0.25, 0.3) is 0 Å². The Hall–Kier alpha value is -2.07. The Morgan fingerprint density at radius 1 is 1.18 bits per heavy atom. The lowest BCUT2D eigenvalue weighted by atomic mass is 9.69. The second kappa shape index (κ2) is 7.36. The van der Waals surface area contributed by atoms with Gasteiger partial charge >= 0.3 is 11.9 Å². The van der Waals surface area contributed by atoms with Crippen LogP contribution in [0.25, 0.3) is 0 Å². The summed E-state index contributed by atoms with van der Waals surface area (Å²) >= 11 is 0. The number of ketones is 1. The smallest absolute Gasteiger partial charge is 0.339 e. The van der Waals surface area contributed by atoms with Crippen molar-refractivity contribution in [2.24, 2.45) is 35.0 Å². The van der Waals surface area contributed by atoms with Crippen LogP contribution in [0.2, 0.25) is 0 Å². The van der Waals surface area contributed by atoms with Gasteiger partial charge < -0.3 is 29.2 Å². The number of aliphatic hydroxyl groups is 2. The van der Waals surface area contributed by atoms with Crippen LogP contribution < -0.4 is 0 Å². The van der Waals surface area contributed by atoms with E-state index < -0.39 is 34.6 Å². The van der Waals surface area contributed by atoms with Crippen LogP contribution in [0.3, 0.4) is 0 Å². The number of aliphatic hydroxyl groups excluding tert-OH is 1. The maximum Gasteiger partial charge on any atom is 0.339 e. The quantitative estimate of drug-likeness (QED) is 0.530. The number of esters is 2. The zero-order chi connectivity index (χ0) is 27.0. The standard InChI is InChI=1S/C29H36O9/c1-14(9-16-10-15(2)24(33)35-16)21-22-25(21,3)7-8-27-12-28-18(6-5-17(27)23(32)29(22,34)38-27)26(4,13-30)36-19(28)11-20(31)37-28/h9-10,14,17-19,21-22,30,34H,5-8,11-13H2,1-4H3. The van der Waals surface area contributed by atoms with Gasteiger partial charge in [-0.1, -0.05) is 13.8 Å². The van der Waals surface area contributed by atoms with Crippen molar-refractivity contribution >= 4 is 17.7 Å². The van der Waals surface area contributed by atoms with E-state index in [1.54, 1.807) is 13.0 Å². The molecule has 0 radical (unpaired) electrons. The number of hydrogen-bond donors (Lipinski definition) is 2. The van der Waals surface area contributed by atoms with E-state index in [0.29, 0.717) is 30.6 Å². The molecule has 7 rings (SSSR count). The average molecular weight is 529 g/mol. The Bertz CT molecular complexity index is 1220. The molecule has 206 valence electrons. The first-order chi connectivity index (χ1) is 17.8. The molecule has 11 atom stereocenters. The number of hydrogen-bond acceptors (Lipinski definition) is 9. The van der Waals surface area contributed by atoms with E-state index in [4.69, 9.17) is 18.9 Å². The van der Waals surface area contributed by atoms with E-state index in [0.717, 1.165) is 6.42 Å². The highest BCUT2D eigenvalue weighted by Gasteiger charge is 2.82. The summed E-state index contributed by atoms with van der Waals surface area (Å²) in [4.78, 5) is 38.4. The SMILES string of the molecule is CC1=CC(=CC(C)C2C3C4(O)OC5(CCC23C)CC23OC(=O)CC2OC(C)(CO)C3CCC5C4=O)OC1=O. The van der Waals surface area contributed by atoms with Gasteiger partial charge in [0.15, 0.2) is 5.78 Å². The molecule has 9 nitrogen and oxygen atoms in total. The third-order valence-electron chi connectivity index (χ3n) is 11.4. The molecule has 0 amide bonds. The third kappa shape index (κ3) is 2.89. The Labute approximate surface area is 221 Å². The van der Waals surface area contributed by atoms with Gasteiger partial charge in [-0.15, -0.1) is 0 Å². The number of fused-ring (bicyclic) bond motifs is 3. The molecule has 9 heteroatoms. The molecule has 0 aromatic carbocycles. The lowest BCUT2D eigenvalue weighted by Gasteiger charge is -2.41. The maximum absolute atomic E-state index is 14.1. The molecule has 2 aliphatic carbocycles. The predicted molar refractivity (Wildman–Crippen MR) is 130 cm³/mol. The molecule has 5 heterocycles. The minimum Gasteiger partial charge on any atom is -0.456 e. The van der Waals surface area contributed by atoms with Crippen molar-refractivity contribution in [3.8, 4) is 0 Å². The van der Waals surface area contributed by atoms with E-state index in [9.17, 15) is 24.6 Å². The van der Waals surface area contributed by atoms with Crippen molar-refractivity contribution in [3.63, 3.8) is 0 Å². The number of Topliss-reactive ketones (excluding diaryl/α,β-unsaturated/α-hetero) is 1. The Kier molecular flexibility index (Phi) is 4.83. The molecule has 4 saturated heterocycles. The van der Waals surface area contributed by atoms with Crippen molar-refractivity contribution in [1.82, 2.24) is 0 Å². The van der Waals surface area contributed by atoms with Crippen LogP contribution in [-0.2, 0) is 33.3 Å². The number of rotatable bonds is 3. The first kappa shape index (κ1) is 24.9. The van der Waals surface area contributed by atoms with Gasteiger partial charge in [-0.25, -0.2) is 4.79 Å². The Balaban J connectivity index is 1.23. The summed E-state index contributed by atoms with van der Waals surface area (Å²) in [6.45, 7) is 7.50. The molecule has 5 aliphatic heterocycles. The number of carbonyl (C=O) groups excluding carboxylic acids is 3. The maximum atomic E-state index is 14.1. The second-order valence-electron chi connectivity index (χ2n) is 13.5. The Morgan fingerprint density at radius 2 is 1.95 bits per heavy atom. The summed E-state index contributed by atoms with van der Waals surface area (Å²) in [5.41, 5.74) is -2.61. The van der Waals surface area contributed by atoms with Gasteiger partial charge in [-0.3, -0.25) is 9.59 Å². The first-order valence-electron chi connectivity index (χ1n) is 13.9. The van der Waals surface area contributed by atoms with Gasteiger partial charge in [0.1, 0.15) is 17.5 Å². The fourth-order valence-electron chi connectivity index (χ4n) is 9.71. The monoisotopic (exact) mass is 528 g/mol. The second-order valence-corrected chi connectivity index (χ2v) is 13.5. The highest BCUT2D eigenvalue weighted by molar-refractivity contribution is 5.93. The van der Waals surface area contributed by atoms with E-state index in [2.05, 4.69) is 6.92 Å². The summed E-state index contributed by atoms with van der Waals surface area (Å²) in [6, 6.07) is 0. The van der Waals surface area contributed by atoms with Crippen LogP contribution >= 0.6 is 0 Å². The molecule has 0 aromatic rings. The van der Waals surface area contributed by atoms with Crippen LogP contribution in [-0.4, -0.2) is 63.2 Å². The van der Waals surface area contributed by atoms with Crippen LogP contribution in [0.5, 0.6) is 0 Å². The Morgan fingerprint density at radius 3 is 2.63 bits per heavy atom. The van der Waals surface area contributed by atoms with Crippen LogP contribution in [0.1, 0.15) is 66.2 Å². The zero-order valence-corrected chi connectivity index (χ0v) is 22.3. The molecule has 6 fully saturated rings. The molecular weight excluding hydrogens is 492 g/mol. The lowest BCUT2D eigenvalue weighted by Crippen LogP contribution is -2.52. The zero-order valence-electron chi connectivity index (χ0n) is 22.3. The average Bonchev–Trinajstić information content (AvgIpc) is 3.06. The number of ether oxygens (including phenoxy) is 4. The molecule has 2 bridgehead atoms. The number of allylic oxidation sites excluding steroid dienone is 2. The molecule has 2 N–H and O–H groups in total. The fraction of sp³-hybridized carbons (Fsp3) is 0.759. The van der Waals surface area contributed by atoms with Crippen LogP contribution in [0.15, 0.2) is 23.5 Å².